The van der Waals surface area contributed by atoms with E-state index in [0.717, 1.165) is 42.8 Å². The number of benzene rings is 2. The van der Waals surface area contributed by atoms with Gasteiger partial charge in [-0.3, -0.25) is 0 Å². The number of likely N-dealkylation sites (N-methyl/N-ethyl adjacent to an activating group) is 1. The second-order valence-electron chi connectivity index (χ2n) is 7.75. The minimum absolute atomic E-state index is 0.303. The molecule has 0 N–H and O–H groups in total. The summed E-state index contributed by atoms with van der Waals surface area (Å²) in [6.07, 6.45) is 1.60. The van der Waals surface area contributed by atoms with Crippen LogP contribution in [0.2, 0.25) is 0 Å². The first-order valence-electron chi connectivity index (χ1n) is 10.5. The quantitative estimate of drug-likeness (QED) is 0.506. The van der Waals surface area contributed by atoms with Crippen LogP contribution in [0.25, 0.3) is 0 Å². The molecule has 0 unspecified atom stereocenters. The van der Waals surface area contributed by atoms with Gasteiger partial charge < -0.3 is 23.8 Å². The molecule has 0 saturated carbocycles. The Balaban J connectivity index is 1.53. The highest BCUT2D eigenvalue weighted by molar-refractivity contribution is 7.89. The highest BCUT2D eigenvalue weighted by Gasteiger charge is 2.35. The van der Waals surface area contributed by atoms with Crippen molar-refractivity contribution in [1.82, 2.24) is 9.21 Å². The maximum absolute atomic E-state index is 12.9. The zero-order chi connectivity index (χ0) is 23.3. The van der Waals surface area contributed by atoms with Gasteiger partial charge in [-0.1, -0.05) is 6.07 Å². The molecule has 1 aliphatic rings. The van der Waals surface area contributed by atoms with Crippen molar-refractivity contribution >= 4 is 10.0 Å². The summed E-state index contributed by atoms with van der Waals surface area (Å²) in [5, 5.41) is 0. The van der Waals surface area contributed by atoms with E-state index in [1.165, 1.54) is 11.4 Å². The Morgan fingerprint density at radius 2 is 1.50 bits per heavy atom. The molecule has 2 aromatic rings. The van der Waals surface area contributed by atoms with E-state index in [4.69, 9.17) is 18.9 Å². The van der Waals surface area contributed by atoms with E-state index in [9.17, 15) is 8.42 Å². The Morgan fingerprint density at radius 1 is 0.875 bits per heavy atom. The lowest BCUT2D eigenvalue weighted by molar-refractivity contribution is 0.310. The van der Waals surface area contributed by atoms with Gasteiger partial charge >= 0.3 is 0 Å². The summed E-state index contributed by atoms with van der Waals surface area (Å²) in [6.45, 7) is 2.47. The molecule has 2 aromatic carbocycles. The molecule has 0 aliphatic carbocycles. The third-order valence-electron chi connectivity index (χ3n) is 5.71. The molecule has 1 heterocycles. The summed E-state index contributed by atoms with van der Waals surface area (Å²) in [4.78, 5) is 2.51. The van der Waals surface area contributed by atoms with E-state index in [1.54, 1.807) is 33.5 Å². The van der Waals surface area contributed by atoms with Crippen LogP contribution in [0, 0.1) is 0 Å². The van der Waals surface area contributed by atoms with Crippen molar-refractivity contribution in [2.24, 2.45) is 0 Å². The molecule has 176 valence electrons. The summed E-state index contributed by atoms with van der Waals surface area (Å²) in [6, 6.07) is 9.24. The minimum atomic E-state index is -3.52. The third-order valence-corrected chi connectivity index (χ3v) is 7.64. The summed E-state index contributed by atoms with van der Waals surface area (Å²) < 4.78 is 48.6. The molecule has 3 rings (SSSR count). The van der Waals surface area contributed by atoms with Crippen molar-refractivity contribution in [3.63, 3.8) is 0 Å². The van der Waals surface area contributed by atoms with Crippen LogP contribution in [0.3, 0.4) is 0 Å². The first kappa shape index (κ1) is 24.2. The maximum Gasteiger partial charge on any atom is 0.243 e. The molecule has 32 heavy (non-hydrogen) atoms. The average molecular weight is 465 g/mol. The predicted molar refractivity (Wildman–Crippen MR) is 123 cm³/mol. The number of hydrogen-bond acceptors (Lipinski definition) is 7. The lowest BCUT2D eigenvalue weighted by Gasteiger charge is -2.19. The van der Waals surface area contributed by atoms with Crippen molar-refractivity contribution in [2.75, 3.05) is 55.1 Å². The van der Waals surface area contributed by atoms with Crippen molar-refractivity contribution in [3.8, 4) is 23.0 Å². The first-order valence-corrected chi connectivity index (χ1v) is 11.9. The minimum Gasteiger partial charge on any atom is -0.493 e. The van der Waals surface area contributed by atoms with Gasteiger partial charge in [-0.2, -0.15) is 4.31 Å². The summed E-state index contributed by atoms with van der Waals surface area (Å²) >= 11 is 0. The second-order valence-corrected chi connectivity index (χ2v) is 9.66. The standard InChI is InChI=1S/C23H32N2O6S/c1-24(12-9-17-7-8-19(28-2)20(13-17)29-3)10-6-11-25-16-18-14-21(30-4)22(31-5)15-23(18)32(25,26)27/h7-8,13-15H,6,9-12,16H2,1-5H3. The topological polar surface area (TPSA) is 77.5 Å². The molecule has 8 nitrogen and oxygen atoms in total. The number of rotatable bonds is 11. The van der Waals surface area contributed by atoms with Gasteiger partial charge in [-0.25, -0.2) is 8.42 Å². The van der Waals surface area contributed by atoms with Crippen LogP contribution in [0.4, 0.5) is 0 Å². The molecule has 1 aliphatic heterocycles. The fourth-order valence-corrected chi connectivity index (χ4v) is 5.53. The largest absolute Gasteiger partial charge is 0.493 e. The highest BCUT2D eigenvalue weighted by Crippen LogP contribution is 2.38. The Hall–Kier alpha value is -2.49. The zero-order valence-electron chi connectivity index (χ0n) is 19.4. The van der Waals surface area contributed by atoms with Gasteiger partial charge in [0.1, 0.15) is 0 Å². The summed E-state index contributed by atoms with van der Waals surface area (Å²) in [5.74, 6) is 2.40. The van der Waals surface area contributed by atoms with Gasteiger partial charge in [-0.05, 0) is 55.8 Å². The van der Waals surface area contributed by atoms with E-state index in [0.29, 0.717) is 35.2 Å². The third kappa shape index (κ3) is 5.11. The van der Waals surface area contributed by atoms with Crippen LogP contribution < -0.4 is 18.9 Å². The van der Waals surface area contributed by atoms with Crippen molar-refractivity contribution in [1.29, 1.82) is 0 Å². The second kappa shape index (κ2) is 10.4. The monoisotopic (exact) mass is 464 g/mol. The van der Waals surface area contributed by atoms with Gasteiger partial charge in [0.05, 0.1) is 33.3 Å². The van der Waals surface area contributed by atoms with Gasteiger partial charge in [0, 0.05) is 25.7 Å². The summed E-state index contributed by atoms with van der Waals surface area (Å²) in [7, 11) is 4.83. The van der Waals surface area contributed by atoms with Crippen molar-refractivity contribution < 1.29 is 27.4 Å². The zero-order valence-corrected chi connectivity index (χ0v) is 20.2. The van der Waals surface area contributed by atoms with Crippen molar-refractivity contribution in [3.05, 3.63) is 41.5 Å². The number of ether oxygens (including phenoxy) is 4. The molecule has 0 bridgehead atoms. The molecule has 0 radical (unpaired) electrons. The Kier molecular flexibility index (Phi) is 7.86. The Labute approximate surface area is 190 Å². The van der Waals surface area contributed by atoms with Crippen LogP contribution in [0.1, 0.15) is 17.5 Å². The Bertz CT molecular complexity index is 1040. The van der Waals surface area contributed by atoms with E-state index < -0.39 is 10.0 Å². The Morgan fingerprint density at radius 3 is 2.16 bits per heavy atom. The lowest BCUT2D eigenvalue weighted by Crippen LogP contribution is -2.29. The van der Waals surface area contributed by atoms with E-state index in [1.807, 2.05) is 25.2 Å². The fraction of sp³-hybridized carbons (Fsp3) is 0.478. The molecule has 0 aromatic heterocycles. The molecule has 0 fully saturated rings. The van der Waals surface area contributed by atoms with Crippen molar-refractivity contribution in [2.45, 2.75) is 24.3 Å². The molecule has 0 atom stereocenters. The molecule has 9 heteroatoms. The predicted octanol–water partition coefficient (Wildman–Crippen LogP) is 2.79. The average Bonchev–Trinajstić information content (AvgIpc) is 3.05. The van der Waals surface area contributed by atoms with Gasteiger partial charge in [0.25, 0.3) is 0 Å². The van der Waals surface area contributed by atoms with Crippen LogP contribution in [-0.2, 0) is 23.0 Å². The number of sulfonamides is 1. The van der Waals surface area contributed by atoms with Crippen LogP contribution in [0.5, 0.6) is 23.0 Å². The smallest absolute Gasteiger partial charge is 0.243 e. The van der Waals surface area contributed by atoms with Gasteiger partial charge in [0.2, 0.25) is 10.0 Å². The normalized spacial score (nSPS) is 14.9. The molecule has 0 spiro atoms. The molecular formula is C23H32N2O6S. The SMILES string of the molecule is COc1ccc(CCN(C)CCCN2Cc3cc(OC)c(OC)cc3S2(=O)=O)cc1OC. The number of methoxy groups -OCH3 is 4. The van der Waals surface area contributed by atoms with Crippen LogP contribution in [-0.4, -0.2) is 72.7 Å². The molecule has 0 saturated heterocycles. The molecule has 0 amide bonds. The van der Waals surface area contributed by atoms with Crippen LogP contribution >= 0.6 is 0 Å². The highest BCUT2D eigenvalue weighted by atomic mass is 32.2. The van der Waals surface area contributed by atoms with Gasteiger partial charge in [-0.15, -0.1) is 0 Å². The van der Waals surface area contributed by atoms with Gasteiger partial charge in [0.15, 0.2) is 23.0 Å². The van der Waals surface area contributed by atoms with Crippen LogP contribution in [0.15, 0.2) is 35.2 Å². The number of nitrogens with zero attached hydrogens (tertiary/aromatic N) is 2. The maximum atomic E-state index is 12.9. The summed E-state index contributed by atoms with van der Waals surface area (Å²) in [5.41, 5.74) is 1.90. The van der Waals surface area contributed by atoms with E-state index in [2.05, 4.69) is 4.90 Å². The number of hydrogen-bond donors (Lipinski definition) is 0. The first-order chi connectivity index (χ1) is 15.3. The van der Waals surface area contributed by atoms with E-state index >= 15 is 0 Å². The van der Waals surface area contributed by atoms with E-state index in [-0.39, 0.29) is 0 Å². The fourth-order valence-electron chi connectivity index (χ4n) is 3.86. The molecular weight excluding hydrogens is 432 g/mol. The number of fused-ring (bicyclic) bond motifs is 1. The lowest BCUT2D eigenvalue weighted by atomic mass is 10.1.